The van der Waals surface area contributed by atoms with E-state index in [0.29, 0.717) is 43.5 Å². The smallest absolute Gasteiger partial charge is 0.227 e. The van der Waals surface area contributed by atoms with Gasteiger partial charge in [0, 0.05) is 17.9 Å². The molecule has 0 aromatic heterocycles. The van der Waals surface area contributed by atoms with Gasteiger partial charge in [0.15, 0.2) is 9.84 Å². The van der Waals surface area contributed by atoms with Crippen LogP contribution in [-0.4, -0.2) is 44.9 Å². The summed E-state index contributed by atoms with van der Waals surface area (Å²) in [6.45, 7) is 0. The average molecular weight is 394 g/mol. The molecule has 1 saturated heterocycles. The van der Waals surface area contributed by atoms with E-state index in [1.807, 2.05) is 12.1 Å². The summed E-state index contributed by atoms with van der Waals surface area (Å²) >= 11 is 0. The van der Waals surface area contributed by atoms with Gasteiger partial charge in [-0.25, -0.2) is 8.42 Å². The van der Waals surface area contributed by atoms with Crippen molar-refractivity contribution >= 4 is 27.3 Å². The first kappa shape index (κ1) is 19.7. The minimum atomic E-state index is -3.01. The second-order valence-electron chi connectivity index (χ2n) is 7.35. The Bertz CT molecular complexity index is 800. The fourth-order valence-corrected chi connectivity index (χ4v) is 5.50. The lowest BCUT2D eigenvalue weighted by molar-refractivity contribution is -0.129. The summed E-state index contributed by atoms with van der Waals surface area (Å²) in [4.78, 5) is 24.9. The van der Waals surface area contributed by atoms with Gasteiger partial charge < -0.3 is 15.4 Å². The van der Waals surface area contributed by atoms with E-state index in [1.54, 1.807) is 19.2 Å². The van der Waals surface area contributed by atoms with Crippen LogP contribution in [0.5, 0.6) is 5.75 Å². The van der Waals surface area contributed by atoms with Crippen LogP contribution in [0.4, 0.5) is 5.69 Å². The second kappa shape index (κ2) is 8.29. The Kier molecular flexibility index (Phi) is 6.04. The van der Waals surface area contributed by atoms with Crippen LogP contribution in [0.25, 0.3) is 0 Å². The first-order valence-electron chi connectivity index (χ1n) is 9.32. The fourth-order valence-electron chi connectivity index (χ4n) is 3.83. The lowest BCUT2D eigenvalue weighted by Crippen LogP contribution is -2.41. The highest BCUT2D eigenvalue weighted by Gasteiger charge is 2.33. The number of hydrogen-bond acceptors (Lipinski definition) is 5. The Morgan fingerprint density at radius 2 is 1.63 bits per heavy atom. The number of ether oxygens (including phenoxy) is 1. The fraction of sp³-hybridized carbons (Fsp3) is 0.579. The lowest BCUT2D eigenvalue weighted by atomic mass is 9.81. The minimum absolute atomic E-state index is 0.0371. The van der Waals surface area contributed by atoms with Crippen LogP contribution in [0, 0.1) is 11.8 Å². The topological polar surface area (TPSA) is 102 Å². The number of amides is 2. The third-order valence-corrected chi connectivity index (χ3v) is 7.18. The van der Waals surface area contributed by atoms with Gasteiger partial charge in [-0.05, 0) is 44.2 Å². The molecule has 0 radical (unpaired) electrons. The molecule has 1 atom stereocenters. The molecule has 2 aliphatic rings. The Hall–Kier alpha value is -2.09. The molecule has 2 amide bonds. The number of nitrogens with one attached hydrogen (secondary N) is 2. The predicted molar refractivity (Wildman–Crippen MR) is 102 cm³/mol. The highest BCUT2D eigenvalue weighted by Crippen LogP contribution is 2.31. The SMILES string of the molecule is COc1ccccc1NC(=O)C1CCC(C(=O)NC2CCS(=O)(=O)C2)CC1. The summed E-state index contributed by atoms with van der Waals surface area (Å²) in [5, 5.41) is 5.78. The normalized spacial score (nSPS) is 26.9. The standard InChI is InChI=1S/C19H26N2O5S/c1-26-17-5-3-2-4-16(17)21-19(23)14-8-6-13(7-9-14)18(22)20-15-10-11-27(24,25)12-15/h2-5,13-15H,6-12H2,1H3,(H,20,22)(H,21,23). The van der Waals surface area contributed by atoms with E-state index < -0.39 is 9.84 Å². The van der Waals surface area contributed by atoms with E-state index in [0.717, 1.165) is 0 Å². The van der Waals surface area contributed by atoms with Crippen molar-refractivity contribution in [3.63, 3.8) is 0 Å². The van der Waals surface area contributed by atoms with Gasteiger partial charge >= 0.3 is 0 Å². The van der Waals surface area contributed by atoms with Crippen LogP contribution in [0.3, 0.4) is 0 Å². The number of carbonyl (C=O) groups is 2. The van der Waals surface area contributed by atoms with Gasteiger partial charge in [-0.15, -0.1) is 0 Å². The van der Waals surface area contributed by atoms with Crippen LogP contribution in [0.15, 0.2) is 24.3 Å². The van der Waals surface area contributed by atoms with Gasteiger partial charge in [0.05, 0.1) is 24.3 Å². The highest BCUT2D eigenvalue weighted by atomic mass is 32.2. The van der Waals surface area contributed by atoms with Crippen LogP contribution >= 0.6 is 0 Å². The molecule has 2 fully saturated rings. The lowest BCUT2D eigenvalue weighted by Gasteiger charge is -2.28. The first-order chi connectivity index (χ1) is 12.9. The molecule has 8 heteroatoms. The number of benzene rings is 1. The van der Waals surface area contributed by atoms with Crippen molar-refractivity contribution in [2.24, 2.45) is 11.8 Å². The molecule has 1 aromatic rings. The third-order valence-electron chi connectivity index (χ3n) is 5.41. The number of methoxy groups -OCH3 is 1. The zero-order valence-corrected chi connectivity index (χ0v) is 16.3. The third kappa shape index (κ3) is 5.00. The van der Waals surface area contributed by atoms with E-state index in [2.05, 4.69) is 10.6 Å². The summed E-state index contributed by atoms with van der Waals surface area (Å²) < 4.78 is 28.3. The van der Waals surface area contributed by atoms with Gasteiger partial charge in [-0.1, -0.05) is 12.1 Å². The molecule has 1 aliphatic carbocycles. The molecule has 0 bridgehead atoms. The van der Waals surface area contributed by atoms with Gasteiger partial charge in [-0.3, -0.25) is 9.59 Å². The van der Waals surface area contributed by atoms with Crippen molar-refractivity contribution in [2.45, 2.75) is 38.1 Å². The van der Waals surface area contributed by atoms with Crippen molar-refractivity contribution in [3.05, 3.63) is 24.3 Å². The van der Waals surface area contributed by atoms with Gasteiger partial charge in [0.1, 0.15) is 5.75 Å². The van der Waals surface area contributed by atoms with Crippen molar-refractivity contribution in [3.8, 4) is 5.75 Å². The minimum Gasteiger partial charge on any atom is -0.495 e. The first-order valence-corrected chi connectivity index (χ1v) is 11.1. The van der Waals surface area contributed by atoms with E-state index in [4.69, 9.17) is 4.74 Å². The maximum absolute atomic E-state index is 12.5. The molecular weight excluding hydrogens is 368 g/mol. The van der Waals surface area contributed by atoms with Gasteiger partial charge in [0.2, 0.25) is 11.8 Å². The van der Waals surface area contributed by atoms with Gasteiger partial charge in [-0.2, -0.15) is 0 Å². The summed E-state index contributed by atoms with van der Waals surface area (Å²) in [7, 11) is -1.45. The number of para-hydroxylation sites is 2. The molecular formula is C19H26N2O5S. The molecule has 1 heterocycles. The Morgan fingerprint density at radius 1 is 1.00 bits per heavy atom. The number of carbonyl (C=O) groups excluding carboxylic acids is 2. The van der Waals surface area contributed by atoms with Crippen molar-refractivity contribution in [1.82, 2.24) is 5.32 Å². The van der Waals surface area contributed by atoms with E-state index in [-0.39, 0.29) is 41.2 Å². The number of rotatable bonds is 5. The number of hydrogen-bond donors (Lipinski definition) is 2. The zero-order valence-electron chi connectivity index (χ0n) is 15.4. The number of sulfone groups is 1. The molecule has 1 unspecified atom stereocenters. The zero-order chi connectivity index (χ0) is 19.4. The Balaban J connectivity index is 1.48. The summed E-state index contributed by atoms with van der Waals surface area (Å²) in [5.74, 6) is 0.379. The molecule has 1 aliphatic heterocycles. The second-order valence-corrected chi connectivity index (χ2v) is 9.58. The molecule has 27 heavy (non-hydrogen) atoms. The molecule has 3 rings (SSSR count). The van der Waals surface area contributed by atoms with E-state index >= 15 is 0 Å². The molecule has 1 saturated carbocycles. The molecule has 2 N–H and O–H groups in total. The monoisotopic (exact) mass is 394 g/mol. The van der Waals surface area contributed by atoms with Crippen molar-refractivity contribution in [2.75, 3.05) is 23.9 Å². The van der Waals surface area contributed by atoms with Crippen LogP contribution < -0.4 is 15.4 Å². The number of anilines is 1. The summed E-state index contributed by atoms with van der Waals surface area (Å²) in [5.41, 5.74) is 0.646. The van der Waals surface area contributed by atoms with Crippen LogP contribution in [0.1, 0.15) is 32.1 Å². The van der Waals surface area contributed by atoms with Gasteiger partial charge in [0.25, 0.3) is 0 Å². The quantitative estimate of drug-likeness (QED) is 0.792. The molecule has 7 nitrogen and oxygen atoms in total. The average Bonchev–Trinajstić information content (AvgIpc) is 3.00. The summed E-state index contributed by atoms with van der Waals surface area (Å²) in [6.07, 6.45) is 3.04. The Morgan fingerprint density at radius 3 is 2.22 bits per heavy atom. The summed E-state index contributed by atoms with van der Waals surface area (Å²) in [6, 6.07) is 7.00. The molecule has 0 spiro atoms. The largest absolute Gasteiger partial charge is 0.495 e. The van der Waals surface area contributed by atoms with E-state index in [9.17, 15) is 18.0 Å². The Labute approximate surface area is 159 Å². The maximum Gasteiger partial charge on any atom is 0.227 e. The van der Waals surface area contributed by atoms with Crippen LogP contribution in [-0.2, 0) is 19.4 Å². The molecule has 148 valence electrons. The maximum atomic E-state index is 12.5. The van der Waals surface area contributed by atoms with Crippen molar-refractivity contribution in [1.29, 1.82) is 0 Å². The molecule has 1 aromatic carbocycles. The van der Waals surface area contributed by atoms with Crippen molar-refractivity contribution < 1.29 is 22.7 Å². The van der Waals surface area contributed by atoms with E-state index in [1.165, 1.54) is 0 Å². The predicted octanol–water partition coefficient (Wildman–Crippen LogP) is 1.74. The highest BCUT2D eigenvalue weighted by molar-refractivity contribution is 7.91. The van der Waals surface area contributed by atoms with Crippen LogP contribution in [0.2, 0.25) is 0 Å².